The van der Waals surface area contributed by atoms with Crippen molar-refractivity contribution in [1.29, 1.82) is 0 Å². The molecule has 2 heterocycles. The maximum absolute atomic E-state index is 11.1. The fourth-order valence-electron chi connectivity index (χ4n) is 3.43. The van der Waals surface area contributed by atoms with Crippen LogP contribution in [0.4, 0.5) is 34.4 Å². The van der Waals surface area contributed by atoms with Gasteiger partial charge in [0, 0.05) is 30.5 Å². The molecule has 1 aromatic heterocycles. The molecule has 1 aliphatic rings. The van der Waals surface area contributed by atoms with Crippen molar-refractivity contribution in [2.45, 2.75) is 19.8 Å². The van der Waals surface area contributed by atoms with Crippen molar-refractivity contribution in [2.24, 2.45) is 0 Å². The van der Waals surface area contributed by atoms with Crippen molar-refractivity contribution in [2.75, 3.05) is 27.8 Å². The van der Waals surface area contributed by atoms with Gasteiger partial charge in [-0.1, -0.05) is 18.2 Å². The summed E-state index contributed by atoms with van der Waals surface area (Å²) in [5, 5.41) is 5.99. The molecule has 4 rings (SSSR count). The van der Waals surface area contributed by atoms with Gasteiger partial charge >= 0.3 is 0 Å². The number of aryl methyl sites for hydroxylation is 1. The van der Waals surface area contributed by atoms with E-state index in [1.54, 1.807) is 0 Å². The molecule has 28 heavy (non-hydrogen) atoms. The Balaban J connectivity index is 1.60. The number of nitrogen functional groups attached to an aromatic ring is 1. The van der Waals surface area contributed by atoms with E-state index in [9.17, 15) is 4.79 Å². The van der Waals surface area contributed by atoms with E-state index < -0.39 is 0 Å². The van der Waals surface area contributed by atoms with E-state index in [2.05, 4.69) is 43.7 Å². The lowest BCUT2D eigenvalue weighted by molar-refractivity contribution is -0.114. The van der Waals surface area contributed by atoms with Gasteiger partial charge in [-0.05, 0) is 48.7 Å². The lowest BCUT2D eigenvalue weighted by atomic mass is 10.0. The van der Waals surface area contributed by atoms with E-state index in [0.29, 0.717) is 17.3 Å². The quantitative estimate of drug-likeness (QED) is 0.642. The highest BCUT2D eigenvalue weighted by atomic mass is 16.1. The highest BCUT2D eigenvalue weighted by Crippen LogP contribution is 2.37. The molecule has 0 fully saturated rings. The van der Waals surface area contributed by atoms with E-state index in [4.69, 9.17) is 5.73 Å². The predicted octanol–water partition coefficient (Wildman–Crippen LogP) is 3.85. The molecule has 0 unspecified atom stereocenters. The van der Waals surface area contributed by atoms with Gasteiger partial charge in [-0.3, -0.25) is 4.79 Å². The predicted molar refractivity (Wildman–Crippen MR) is 112 cm³/mol. The van der Waals surface area contributed by atoms with Crippen LogP contribution in [0.1, 0.15) is 18.9 Å². The number of nitrogens with two attached hydrogens (primary N) is 1. The molecule has 7 heteroatoms. The zero-order chi connectivity index (χ0) is 19.5. The summed E-state index contributed by atoms with van der Waals surface area (Å²) in [5.74, 6) is 1.16. The number of para-hydroxylation sites is 1. The normalized spacial score (nSPS) is 13.0. The molecule has 142 valence electrons. The Morgan fingerprint density at radius 1 is 1.07 bits per heavy atom. The maximum atomic E-state index is 11.1. The summed E-state index contributed by atoms with van der Waals surface area (Å²) in [6.45, 7) is 2.34. The highest BCUT2D eigenvalue weighted by Gasteiger charge is 2.22. The Kier molecular flexibility index (Phi) is 4.80. The van der Waals surface area contributed by atoms with Gasteiger partial charge in [0.15, 0.2) is 11.6 Å². The molecule has 4 N–H and O–H groups in total. The molecule has 0 saturated heterocycles. The van der Waals surface area contributed by atoms with Gasteiger partial charge in [0.25, 0.3) is 0 Å². The van der Waals surface area contributed by atoms with Crippen molar-refractivity contribution in [3.63, 3.8) is 0 Å². The van der Waals surface area contributed by atoms with Gasteiger partial charge in [-0.2, -0.15) is 0 Å². The number of hydrogen-bond acceptors (Lipinski definition) is 6. The average molecular weight is 374 g/mol. The van der Waals surface area contributed by atoms with E-state index >= 15 is 0 Å². The second-order valence-corrected chi connectivity index (χ2v) is 6.73. The number of carbonyl (C=O) groups excluding carboxylic acids is 1. The first-order valence-electron chi connectivity index (χ1n) is 9.22. The van der Waals surface area contributed by atoms with Crippen LogP contribution in [-0.4, -0.2) is 22.4 Å². The van der Waals surface area contributed by atoms with E-state index in [-0.39, 0.29) is 5.91 Å². The van der Waals surface area contributed by atoms with Gasteiger partial charge in [-0.15, -0.1) is 0 Å². The molecule has 0 spiro atoms. The second-order valence-electron chi connectivity index (χ2n) is 6.73. The molecule has 0 radical (unpaired) electrons. The lowest BCUT2D eigenvalue weighted by Crippen LogP contribution is -2.26. The number of fused-ring (bicyclic) bond motifs is 1. The minimum absolute atomic E-state index is 0.104. The topological polar surface area (TPSA) is 96.2 Å². The summed E-state index contributed by atoms with van der Waals surface area (Å²) in [6.07, 6.45) is 3.63. The Morgan fingerprint density at radius 3 is 2.61 bits per heavy atom. The number of aromatic nitrogens is 2. The molecule has 0 bridgehead atoms. The largest absolute Gasteiger partial charge is 0.393 e. The SMILES string of the molecule is CC(=O)Nc1ccc(Nc2ncnc(N3CCCc4ccccc43)c2N)cc1. The summed E-state index contributed by atoms with van der Waals surface area (Å²) in [6, 6.07) is 15.7. The maximum Gasteiger partial charge on any atom is 0.221 e. The molecule has 0 aliphatic carbocycles. The third-order valence-corrected chi connectivity index (χ3v) is 4.70. The third-order valence-electron chi connectivity index (χ3n) is 4.70. The molecular weight excluding hydrogens is 352 g/mol. The van der Waals surface area contributed by atoms with Crippen LogP contribution in [0.3, 0.4) is 0 Å². The minimum Gasteiger partial charge on any atom is -0.393 e. The fraction of sp³-hybridized carbons (Fsp3) is 0.190. The summed E-state index contributed by atoms with van der Waals surface area (Å²) >= 11 is 0. The third kappa shape index (κ3) is 3.59. The van der Waals surface area contributed by atoms with Crippen molar-refractivity contribution in [3.8, 4) is 0 Å². The first kappa shape index (κ1) is 17.8. The van der Waals surface area contributed by atoms with Crippen LogP contribution in [0.2, 0.25) is 0 Å². The summed E-state index contributed by atoms with van der Waals surface area (Å²) in [7, 11) is 0. The van der Waals surface area contributed by atoms with Gasteiger partial charge in [0.05, 0.1) is 0 Å². The van der Waals surface area contributed by atoms with Crippen LogP contribution >= 0.6 is 0 Å². The van der Waals surface area contributed by atoms with Crippen molar-refractivity contribution >= 4 is 40.3 Å². The first-order chi connectivity index (χ1) is 13.6. The Morgan fingerprint density at radius 2 is 1.82 bits per heavy atom. The fourth-order valence-corrected chi connectivity index (χ4v) is 3.43. The molecule has 1 aliphatic heterocycles. The number of rotatable bonds is 4. The van der Waals surface area contributed by atoms with Gasteiger partial charge < -0.3 is 21.3 Å². The van der Waals surface area contributed by atoms with Crippen molar-refractivity contribution in [3.05, 3.63) is 60.4 Å². The second kappa shape index (κ2) is 7.56. The van der Waals surface area contributed by atoms with Crippen LogP contribution in [0.25, 0.3) is 0 Å². The number of carbonyl (C=O) groups is 1. The molecule has 1 amide bonds. The first-order valence-corrected chi connectivity index (χ1v) is 9.22. The number of hydrogen-bond donors (Lipinski definition) is 3. The minimum atomic E-state index is -0.104. The van der Waals surface area contributed by atoms with Crippen molar-refractivity contribution in [1.82, 2.24) is 9.97 Å². The van der Waals surface area contributed by atoms with Crippen LogP contribution in [0.5, 0.6) is 0 Å². The number of nitrogens with one attached hydrogen (secondary N) is 2. The zero-order valence-corrected chi connectivity index (χ0v) is 15.6. The Bertz CT molecular complexity index is 1000. The standard InChI is InChI=1S/C21H22N6O/c1-14(28)25-16-8-10-17(11-9-16)26-20-19(22)21(24-13-23-20)27-12-4-6-15-5-2-3-7-18(15)27/h2-3,5,7-11,13H,4,6,12,22H2,1H3,(H,25,28)(H,23,24,26). The number of anilines is 6. The average Bonchev–Trinajstić information content (AvgIpc) is 2.70. The van der Waals surface area contributed by atoms with E-state index in [1.807, 2.05) is 30.3 Å². The van der Waals surface area contributed by atoms with Gasteiger partial charge in [0.2, 0.25) is 5.91 Å². The Hall–Kier alpha value is -3.61. The van der Waals surface area contributed by atoms with Crippen LogP contribution < -0.4 is 21.3 Å². The molecule has 7 nitrogen and oxygen atoms in total. The van der Waals surface area contributed by atoms with Crippen LogP contribution in [-0.2, 0) is 11.2 Å². The summed E-state index contributed by atoms with van der Waals surface area (Å²) < 4.78 is 0. The number of nitrogens with zero attached hydrogens (tertiary/aromatic N) is 3. The summed E-state index contributed by atoms with van der Waals surface area (Å²) in [5.41, 5.74) is 10.9. The number of benzene rings is 2. The lowest BCUT2D eigenvalue weighted by Gasteiger charge is -2.31. The monoisotopic (exact) mass is 374 g/mol. The molecular formula is C21H22N6O. The number of amides is 1. The molecule has 0 saturated carbocycles. The summed E-state index contributed by atoms with van der Waals surface area (Å²) in [4.78, 5) is 22.1. The van der Waals surface area contributed by atoms with Gasteiger partial charge in [-0.25, -0.2) is 9.97 Å². The van der Waals surface area contributed by atoms with Crippen LogP contribution in [0.15, 0.2) is 54.9 Å². The highest BCUT2D eigenvalue weighted by molar-refractivity contribution is 5.89. The van der Waals surface area contributed by atoms with Crippen molar-refractivity contribution < 1.29 is 4.79 Å². The Labute approximate surface area is 163 Å². The molecule has 0 atom stereocenters. The van der Waals surface area contributed by atoms with Crippen LogP contribution in [0, 0.1) is 0 Å². The smallest absolute Gasteiger partial charge is 0.221 e. The van der Waals surface area contributed by atoms with Gasteiger partial charge in [0.1, 0.15) is 12.0 Å². The molecule has 3 aromatic rings. The molecule has 2 aromatic carbocycles. The zero-order valence-electron chi connectivity index (χ0n) is 15.6. The van der Waals surface area contributed by atoms with E-state index in [1.165, 1.54) is 18.8 Å². The van der Waals surface area contributed by atoms with E-state index in [0.717, 1.165) is 36.4 Å².